The van der Waals surface area contributed by atoms with E-state index in [1.807, 2.05) is 23.8 Å². The molecule has 0 amide bonds. The number of nitrogens with one attached hydrogen (secondary N) is 1. The minimum Gasteiger partial charge on any atom is -0.308 e. The quantitative estimate of drug-likeness (QED) is 0.917. The molecule has 0 spiro atoms. The molecule has 3 nitrogen and oxygen atoms in total. The maximum Gasteiger partial charge on any atom is 0.0937 e. The number of hydrogen-bond acceptors (Lipinski definition) is 4. The van der Waals surface area contributed by atoms with E-state index in [-0.39, 0.29) is 0 Å². The van der Waals surface area contributed by atoms with Gasteiger partial charge in [0, 0.05) is 36.8 Å². The minimum absolute atomic E-state index is 0.426. The number of thiazole rings is 1. The molecule has 2 aromatic rings. The molecule has 0 aliphatic heterocycles. The monoisotopic (exact) mass is 259 g/mol. The zero-order valence-electron chi connectivity index (χ0n) is 10.3. The van der Waals surface area contributed by atoms with Gasteiger partial charge in [-0.05, 0) is 30.9 Å². The molecule has 18 heavy (non-hydrogen) atoms. The lowest BCUT2D eigenvalue weighted by Gasteiger charge is -2.25. The zero-order valence-corrected chi connectivity index (χ0v) is 11.1. The van der Waals surface area contributed by atoms with E-state index >= 15 is 0 Å². The van der Waals surface area contributed by atoms with Crippen molar-refractivity contribution in [2.75, 3.05) is 6.54 Å². The SMILES string of the molecule is c1cnc2c(c1)CCCC2NCCc1nccs1. The Morgan fingerprint density at radius 3 is 3.22 bits per heavy atom. The van der Waals surface area contributed by atoms with E-state index in [9.17, 15) is 0 Å². The van der Waals surface area contributed by atoms with Crippen molar-refractivity contribution in [1.29, 1.82) is 0 Å². The topological polar surface area (TPSA) is 37.8 Å². The summed E-state index contributed by atoms with van der Waals surface area (Å²) < 4.78 is 0. The summed E-state index contributed by atoms with van der Waals surface area (Å²) in [6, 6.07) is 4.67. The van der Waals surface area contributed by atoms with E-state index < -0.39 is 0 Å². The zero-order chi connectivity index (χ0) is 12.2. The highest BCUT2D eigenvalue weighted by Crippen LogP contribution is 2.27. The van der Waals surface area contributed by atoms with Crippen molar-refractivity contribution in [2.45, 2.75) is 31.7 Å². The maximum atomic E-state index is 4.54. The fourth-order valence-corrected chi connectivity index (χ4v) is 3.16. The van der Waals surface area contributed by atoms with Crippen LogP contribution in [0.1, 0.15) is 35.1 Å². The fraction of sp³-hybridized carbons (Fsp3) is 0.429. The van der Waals surface area contributed by atoms with Crippen molar-refractivity contribution in [3.05, 3.63) is 46.2 Å². The van der Waals surface area contributed by atoms with E-state index in [4.69, 9.17) is 0 Å². The largest absolute Gasteiger partial charge is 0.308 e. The van der Waals surface area contributed by atoms with Crippen LogP contribution >= 0.6 is 11.3 Å². The van der Waals surface area contributed by atoms with Gasteiger partial charge >= 0.3 is 0 Å². The molecule has 1 atom stereocenters. The van der Waals surface area contributed by atoms with Crippen LogP contribution in [0.25, 0.3) is 0 Å². The molecular weight excluding hydrogens is 242 g/mol. The summed E-state index contributed by atoms with van der Waals surface area (Å²) in [7, 11) is 0. The Morgan fingerprint density at radius 2 is 2.33 bits per heavy atom. The van der Waals surface area contributed by atoms with Gasteiger partial charge in [0.1, 0.15) is 0 Å². The second kappa shape index (κ2) is 5.59. The normalized spacial score (nSPS) is 18.6. The molecule has 0 saturated carbocycles. The molecular formula is C14H17N3S. The Labute approximate surface area is 111 Å². The molecule has 0 radical (unpaired) electrons. The fourth-order valence-electron chi connectivity index (χ4n) is 2.54. The third-order valence-electron chi connectivity index (χ3n) is 3.41. The van der Waals surface area contributed by atoms with Crippen molar-refractivity contribution in [3.63, 3.8) is 0 Å². The van der Waals surface area contributed by atoms with Crippen LogP contribution < -0.4 is 5.32 Å². The smallest absolute Gasteiger partial charge is 0.0937 e. The summed E-state index contributed by atoms with van der Waals surface area (Å²) in [5, 5.41) is 6.86. The second-order valence-corrected chi connectivity index (χ2v) is 5.60. The predicted octanol–water partition coefficient (Wildman–Crippen LogP) is 2.75. The van der Waals surface area contributed by atoms with Gasteiger partial charge in [-0.2, -0.15) is 0 Å². The molecule has 3 rings (SSSR count). The first kappa shape index (κ1) is 11.8. The van der Waals surface area contributed by atoms with Gasteiger partial charge in [0.15, 0.2) is 0 Å². The molecule has 2 heterocycles. The summed E-state index contributed by atoms with van der Waals surface area (Å²) >= 11 is 1.73. The van der Waals surface area contributed by atoms with Crippen LogP contribution in [0.4, 0.5) is 0 Å². The average Bonchev–Trinajstić information content (AvgIpc) is 2.92. The van der Waals surface area contributed by atoms with E-state index in [1.165, 1.54) is 35.5 Å². The van der Waals surface area contributed by atoms with Gasteiger partial charge in [0.25, 0.3) is 0 Å². The average molecular weight is 259 g/mol. The van der Waals surface area contributed by atoms with Crippen LogP contribution in [0.5, 0.6) is 0 Å². The van der Waals surface area contributed by atoms with Crippen LogP contribution in [0.3, 0.4) is 0 Å². The van der Waals surface area contributed by atoms with E-state index in [2.05, 4.69) is 21.4 Å². The summed E-state index contributed by atoms with van der Waals surface area (Å²) in [5.41, 5.74) is 2.67. The summed E-state index contributed by atoms with van der Waals surface area (Å²) in [4.78, 5) is 8.85. The highest BCUT2D eigenvalue weighted by molar-refractivity contribution is 7.09. The van der Waals surface area contributed by atoms with Gasteiger partial charge in [-0.1, -0.05) is 6.07 Å². The van der Waals surface area contributed by atoms with Crippen LogP contribution in [-0.4, -0.2) is 16.5 Å². The highest BCUT2D eigenvalue weighted by Gasteiger charge is 2.20. The Morgan fingerprint density at radius 1 is 1.33 bits per heavy atom. The number of aryl methyl sites for hydroxylation is 1. The first-order valence-corrected chi connectivity index (χ1v) is 7.37. The highest BCUT2D eigenvalue weighted by atomic mass is 32.1. The van der Waals surface area contributed by atoms with Gasteiger partial charge in [0.05, 0.1) is 10.7 Å². The van der Waals surface area contributed by atoms with E-state index in [0.29, 0.717) is 6.04 Å². The Kier molecular flexibility index (Phi) is 3.67. The number of aromatic nitrogens is 2. The summed E-state index contributed by atoms with van der Waals surface area (Å²) in [5.74, 6) is 0. The van der Waals surface area contributed by atoms with Gasteiger partial charge in [0.2, 0.25) is 0 Å². The lowest BCUT2D eigenvalue weighted by molar-refractivity contribution is 0.451. The standard InChI is InChI=1S/C14H17N3S/c1-3-11-4-2-7-17-14(11)12(5-1)15-8-6-13-16-9-10-18-13/h2,4,7,9-10,12,15H,1,3,5-6,8H2. The molecule has 1 aliphatic carbocycles. The molecule has 1 N–H and O–H groups in total. The third kappa shape index (κ3) is 2.60. The predicted molar refractivity (Wildman–Crippen MR) is 73.7 cm³/mol. The molecule has 0 bridgehead atoms. The molecule has 4 heteroatoms. The van der Waals surface area contributed by atoms with E-state index in [0.717, 1.165) is 13.0 Å². The molecule has 2 aromatic heterocycles. The van der Waals surface area contributed by atoms with E-state index in [1.54, 1.807) is 11.3 Å². The number of fused-ring (bicyclic) bond motifs is 1. The van der Waals surface area contributed by atoms with Crippen LogP contribution in [0.15, 0.2) is 29.9 Å². The first-order chi connectivity index (χ1) is 8.93. The van der Waals surface area contributed by atoms with Crippen LogP contribution in [-0.2, 0) is 12.8 Å². The second-order valence-electron chi connectivity index (χ2n) is 4.62. The molecule has 0 fully saturated rings. The van der Waals surface area contributed by atoms with Crippen LogP contribution in [0.2, 0.25) is 0 Å². The first-order valence-electron chi connectivity index (χ1n) is 6.49. The number of nitrogens with zero attached hydrogens (tertiary/aromatic N) is 2. The molecule has 0 aromatic carbocycles. The van der Waals surface area contributed by atoms with Crippen molar-refractivity contribution in [1.82, 2.24) is 15.3 Å². The molecule has 0 saturated heterocycles. The summed E-state index contributed by atoms with van der Waals surface area (Å²) in [6.45, 7) is 0.980. The summed E-state index contributed by atoms with van der Waals surface area (Å²) in [6.07, 6.45) is 8.41. The van der Waals surface area contributed by atoms with Gasteiger partial charge < -0.3 is 5.32 Å². The van der Waals surface area contributed by atoms with Crippen molar-refractivity contribution < 1.29 is 0 Å². The third-order valence-corrected chi connectivity index (χ3v) is 4.25. The number of pyridine rings is 1. The molecule has 1 aliphatic rings. The van der Waals surface area contributed by atoms with Gasteiger partial charge in [-0.25, -0.2) is 4.98 Å². The number of hydrogen-bond donors (Lipinski definition) is 1. The van der Waals surface area contributed by atoms with Crippen molar-refractivity contribution >= 4 is 11.3 Å². The Bertz CT molecular complexity index is 496. The molecule has 1 unspecified atom stereocenters. The molecule has 94 valence electrons. The van der Waals surface area contributed by atoms with Gasteiger partial charge in [-0.15, -0.1) is 11.3 Å². The minimum atomic E-state index is 0.426. The van der Waals surface area contributed by atoms with Crippen molar-refractivity contribution in [3.8, 4) is 0 Å². The lowest BCUT2D eigenvalue weighted by Crippen LogP contribution is -2.27. The van der Waals surface area contributed by atoms with Crippen molar-refractivity contribution in [2.24, 2.45) is 0 Å². The Balaban J connectivity index is 1.60. The van der Waals surface area contributed by atoms with Gasteiger partial charge in [-0.3, -0.25) is 4.98 Å². The van der Waals surface area contributed by atoms with Crippen LogP contribution in [0, 0.1) is 0 Å². The Hall–Kier alpha value is -1.26. The maximum absolute atomic E-state index is 4.54. The number of rotatable bonds is 4. The lowest BCUT2D eigenvalue weighted by atomic mass is 9.92.